The van der Waals surface area contributed by atoms with E-state index in [0.717, 1.165) is 31.1 Å². The summed E-state index contributed by atoms with van der Waals surface area (Å²) < 4.78 is 5.42. The summed E-state index contributed by atoms with van der Waals surface area (Å²) in [5.41, 5.74) is 0.902. The molecule has 4 nitrogen and oxygen atoms in total. The molecule has 1 atom stereocenters. The summed E-state index contributed by atoms with van der Waals surface area (Å²) in [5, 5.41) is 4.06. The SMILES string of the molecule is CC(C)NCc1nc(N(C)C2CCOC2)ccc1Cl. The average Bonchev–Trinajstić information content (AvgIpc) is 2.90. The molecular weight excluding hydrogens is 262 g/mol. The Bertz CT molecular complexity index is 419. The zero-order valence-electron chi connectivity index (χ0n) is 11.8. The van der Waals surface area contributed by atoms with Crippen molar-refractivity contribution in [2.24, 2.45) is 0 Å². The predicted molar refractivity (Wildman–Crippen MR) is 78.8 cm³/mol. The Labute approximate surface area is 120 Å². The number of ether oxygens (including phenoxy) is 1. The van der Waals surface area contributed by atoms with E-state index >= 15 is 0 Å². The van der Waals surface area contributed by atoms with Crippen molar-refractivity contribution < 1.29 is 4.74 Å². The van der Waals surface area contributed by atoms with E-state index in [-0.39, 0.29) is 0 Å². The number of pyridine rings is 1. The quantitative estimate of drug-likeness (QED) is 0.901. The van der Waals surface area contributed by atoms with Crippen LogP contribution in [0.4, 0.5) is 5.82 Å². The van der Waals surface area contributed by atoms with Crippen LogP contribution in [0.25, 0.3) is 0 Å². The van der Waals surface area contributed by atoms with Gasteiger partial charge in [-0.05, 0) is 18.6 Å². The molecule has 1 unspecified atom stereocenters. The fourth-order valence-corrected chi connectivity index (χ4v) is 2.28. The van der Waals surface area contributed by atoms with Gasteiger partial charge in [0.1, 0.15) is 5.82 Å². The van der Waals surface area contributed by atoms with E-state index < -0.39 is 0 Å². The summed E-state index contributed by atoms with van der Waals surface area (Å²) in [6.45, 7) is 6.53. The number of rotatable bonds is 5. The second-order valence-electron chi connectivity index (χ2n) is 5.26. The Morgan fingerprint density at radius 2 is 2.32 bits per heavy atom. The number of halogens is 1. The maximum absolute atomic E-state index is 6.20. The van der Waals surface area contributed by atoms with Crippen molar-refractivity contribution in [2.75, 3.05) is 25.2 Å². The van der Waals surface area contributed by atoms with Crippen LogP contribution in [0.3, 0.4) is 0 Å². The van der Waals surface area contributed by atoms with Gasteiger partial charge in [0.25, 0.3) is 0 Å². The lowest BCUT2D eigenvalue weighted by atomic mass is 10.2. The fourth-order valence-electron chi connectivity index (χ4n) is 2.11. The molecule has 1 fully saturated rings. The number of nitrogens with zero attached hydrogens (tertiary/aromatic N) is 2. The van der Waals surface area contributed by atoms with Crippen molar-refractivity contribution >= 4 is 17.4 Å². The van der Waals surface area contributed by atoms with E-state index in [2.05, 4.69) is 36.1 Å². The first-order valence-electron chi connectivity index (χ1n) is 6.77. The van der Waals surface area contributed by atoms with Crippen LogP contribution in [0.15, 0.2) is 12.1 Å². The standard InChI is InChI=1S/C14H22ClN3O/c1-10(2)16-8-13-12(15)4-5-14(17-13)18(3)11-6-7-19-9-11/h4-5,10-11,16H,6-9H2,1-3H3. The lowest BCUT2D eigenvalue weighted by Crippen LogP contribution is -2.32. The van der Waals surface area contributed by atoms with E-state index in [1.165, 1.54) is 0 Å². The Morgan fingerprint density at radius 1 is 1.53 bits per heavy atom. The molecule has 0 radical (unpaired) electrons. The summed E-state index contributed by atoms with van der Waals surface area (Å²) in [6, 6.07) is 4.73. The molecule has 0 bridgehead atoms. The molecule has 1 aliphatic rings. The van der Waals surface area contributed by atoms with Gasteiger partial charge >= 0.3 is 0 Å². The highest BCUT2D eigenvalue weighted by Crippen LogP contribution is 2.22. The number of hydrogen-bond acceptors (Lipinski definition) is 4. The normalized spacial score (nSPS) is 19.1. The molecule has 1 aromatic rings. The fraction of sp³-hybridized carbons (Fsp3) is 0.643. The minimum atomic E-state index is 0.416. The predicted octanol–water partition coefficient (Wildman–Crippen LogP) is 2.46. The van der Waals surface area contributed by atoms with Crippen LogP contribution in [0.5, 0.6) is 0 Å². The van der Waals surface area contributed by atoms with Crippen molar-refractivity contribution in [1.29, 1.82) is 0 Å². The molecular formula is C14H22ClN3O. The van der Waals surface area contributed by atoms with Crippen LogP contribution in [0, 0.1) is 0 Å². The van der Waals surface area contributed by atoms with Crippen molar-refractivity contribution in [1.82, 2.24) is 10.3 Å². The van der Waals surface area contributed by atoms with Gasteiger partial charge in [-0.3, -0.25) is 0 Å². The zero-order valence-corrected chi connectivity index (χ0v) is 12.6. The number of hydrogen-bond donors (Lipinski definition) is 1. The second kappa shape index (κ2) is 6.55. The first-order valence-corrected chi connectivity index (χ1v) is 7.15. The van der Waals surface area contributed by atoms with Gasteiger partial charge in [0.15, 0.2) is 0 Å². The maximum Gasteiger partial charge on any atom is 0.129 e. The zero-order chi connectivity index (χ0) is 13.8. The second-order valence-corrected chi connectivity index (χ2v) is 5.67. The molecule has 19 heavy (non-hydrogen) atoms. The third-order valence-electron chi connectivity index (χ3n) is 3.40. The van der Waals surface area contributed by atoms with Crippen molar-refractivity contribution in [3.05, 3.63) is 22.8 Å². The number of anilines is 1. The Morgan fingerprint density at radius 3 is 2.95 bits per heavy atom. The summed E-state index contributed by atoms with van der Waals surface area (Å²) >= 11 is 6.20. The van der Waals surface area contributed by atoms with Gasteiger partial charge in [-0.1, -0.05) is 25.4 Å². The van der Waals surface area contributed by atoms with E-state index in [1.54, 1.807) is 0 Å². The van der Waals surface area contributed by atoms with Gasteiger partial charge in [-0.25, -0.2) is 4.98 Å². The molecule has 106 valence electrons. The summed E-state index contributed by atoms with van der Waals surface area (Å²) in [5.74, 6) is 0.959. The third-order valence-corrected chi connectivity index (χ3v) is 3.74. The van der Waals surface area contributed by atoms with Gasteiger partial charge in [-0.2, -0.15) is 0 Å². The molecule has 0 spiro atoms. The van der Waals surface area contributed by atoms with Gasteiger partial charge in [0, 0.05) is 26.2 Å². The maximum atomic E-state index is 6.20. The third kappa shape index (κ3) is 3.81. The molecule has 2 heterocycles. The summed E-state index contributed by atoms with van der Waals surface area (Å²) in [4.78, 5) is 6.85. The Kier molecular flexibility index (Phi) is 5.02. The smallest absolute Gasteiger partial charge is 0.129 e. The van der Waals surface area contributed by atoms with Crippen LogP contribution in [0.2, 0.25) is 5.02 Å². The minimum absolute atomic E-state index is 0.416. The van der Waals surface area contributed by atoms with E-state index in [0.29, 0.717) is 23.7 Å². The summed E-state index contributed by atoms with van der Waals surface area (Å²) in [6.07, 6.45) is 1.06. The van der Waals surface area contributed by atoms with Gasteiger partial charge in [0.2, 0.25) is 0 Å². The Hall–Kier alpha value is -0.840. The highest BCUT2D eigenvalue weighted by molar-refractivity contribution is 6.31. The molecule has 2 rings (SSSR count). The highest BCUT2D eigenvalue weighted by atomic mass is 35.5. The van der Waals surface area contributed by atoms with Gasteiger partial charge in [-0.15, -0.1) is 0 Å². The van der Waals surface area contributed by atoms with Crippen molar-refractivity contribution in [3.8, 4) is 0 Å². The molecule has 0 aliphatic carbocycles. The minimum Gasteiger partial charge on any atom is -0.379 e. The van der Waals surface area contributed by atoms with Crippen LogP contribution >= 0.6 is 11.6 Å². The highest BCUT2D eigenvalue weighted by Gasteiger charge is 2.21. The van der Waals surface area contributed by atoms with E-state index in [9.17, 15) is 0 Å². The molecule has 1 aliphatic heterocycles. The number of likely N-dealkylation sites (N-methyl/N-ethyl adjacent to an activating group) is 1. The molecule has 1 aromatic heterocycles. The first kappa shape index (κ1) is 14.6. The average molecular weight is 284 g/mol. The number of nitrogens with one attached hydrogen (secondary N) is 1. The van der Waals surface area contributed by atoms with Crippen LogP contribution < -0.4 is 10.2 Å². The van der Waals surface area contributed by atoms with Crippen molar-refractivity contribution in [3.63, 3.8) is 0 Å². The molecule has 0 aromatic carbocycles. The monoisotopic (exact) mass is 283 g/mol. The van der Waals surface area contributed by atoms with Crippen LogP contribution in [0.1, 0.15) is 26.0 Å². The summed E-state index contributed by atoms with van der Waals surface area (Å²) in [7, 11) is 2.06. The molecule has 1 N–H and O–H groups in total. The molecule has 5 heteroatoms. The van der Waals surface area contributed by atoms with E-state index in [4.69, 9.17) is 16.3 Å². The lowest BCUT2D eigenvalue weighted by Gasteiger charge is -2.25. The largest absolute Gasteiger partial charge is 0.379 e. The molecule has 1 saturated heterocycles. The van der Waals surface area contributed by atoms with Gasteiger partial charge in [0.05, 0.1) is 23.4 Å². The lowest BCUT2D eigenvalue weighted by molar-refractivity contribution is 0.193. The van der Waals surface area contributed by atoms with Crippen LogP contribution in [-0.4, -0.2) is 37.3 Å². The number of aromatic nitrogens is 1. The van der Waals surface area contributed by atoms with Crippen molar-refractivity contribution in [2.45, 2.75) is 38.9 Å². The molecule has 0 amide bonds. The topological polar surface area (TPSA) is 37.4 Å². The Balaban J connectivity index is 2.10. The van der Waals surface area contributed by atoms with E-state index in [1.807, 2.05) is 12.1 Å². The van der Waals surface area contributed by atoms with Crippen LogP contribution in [-0.2, 0) is 11.3 Å². The first-order chi connectivity index (χ1) is 9.08. The molecule has 0 saturated carbocycles. The van der Waals surface area contributed by atoms with Gasteiger partial charge < -0.3 is 15.0 Å².